The highest BCUT2D eigenvalue weighted by molar-refractivity contribution is 7.92. The Balaban J connectivity index is 1.62. The molecule has 0 radical (unpaired) electrons. The summed E-state index contributed by atoms with van der Waals surface area (Å²) in [6, 6.07) is 24.1. The third-order valence-electron chi connectivity index (χ3n) is 5.57. The summed E-state index contributed by atoms with van der Waals surface area (Å²) in [4.78, 5) is 12.9. The molecule has 7 nitrogen and oxygen atoms in total. The lowest BCUT2D eigenvalue weighted by Gasteiger charge is -2.25. The fourth-order valence-corrected chi connectivity index (χ4v) is 5.37. The molecule has 0 aromatic heterocycles. The maximum absolute atomic E-state index is 13.5. The zero-order valence-corrected chi connectivity index (χ0v) is 20.2. The highest BCUT2D eigenvalue weighted by atomic mass is 32.2. The molecule has 4 aromatic rings. The summed E-state index contributed by atoms with van der Waals surface area (Å²) >= 11 is 0. The lowest BCUT2D eigenvalue weighted by molar-refractivity contribution is -0.119. The van der Waals surface area contributed by atoms with Crippen LogP contribution >= 0.6 is 0 Å². The van der Waals surface area contributed by atoms with Gasteiger partial charge in [0.15, 0.2) is 0 Å². The number of aromatic hydroxyl groups is 1. The summed E-state index contributed by atoms with van der Waals surface area (Å²) < 4.78 is 28.0. The van der Waals surface area contributed by atoms with Gasteiger partial charge in [0.1, 0.15) is 12.3 Å². The number of aryl methyl sites for hydroxylation is 2. The van der Waals surface area contributed by atoms with Gasteiger partial charge < -0.3 is 5.11 Å². The number of fused-ring (bicyclic) bond motifs is 1. The molecule has 0 aliphatic rings. The van der Waals surface area contributed by atoms with Crippen LogP contribution in [0.4, 0.5) is 5.69 Å². The summed E-state index contributed by atoms with van der Waals surface area (Å²) in [5.41, 5.74) is 4.95. The van der Waals surface area contributed by atoms with E-state index in [9.17, 15) is 18.3 Å². The fraction of sp³-hybridized carbons (Fsp3) is 0.111. The Hall–Kier alpha value is -4.17. The van der Waals surface area contributed by atoms with Crippen molar-refractivity contribution in [3.8, 4) is 5.75 Å². The number of sulfonamides is 1. The molecule has 0 saturated carbocycles. The Bertz CT molecular complexity index is 1520. The highest BCUT2D eigenvalue weighted by Crippen LogP contribution is 2.28. The molecule has 0 unspecified atom stereocenters. The number of hydrogen-bond donors (Lipinski definition) is 2. The van der Waals surface area contributed by atoms with Crippen molar-refractivity contribution < 1.29 is 18.3 Å². The SMILES string of the molecule is Cc1ccc(N(CC(=O)N/N=C\c2c(O)ccc3ccccc23)S(=O)(=O)c2ccccc2)c(C)c1. The van der Waals surface area contributed by atoms with E-state index in [0.717, 1.165) is 26.2 Å². The van der Waals surface area contributed by atoms with E-state index >= 15 is 0 Å². The molecule has 8 heteroatoms. The standard InChI is InChI=1S/C27H25N3O4S/c1-19-12-14-25(20(2)16-19)30(35(33,34)22-9-4-3-5-10-22)18-27(32)29-28-17-24-23-11-7-6-8-21(23)13-15-26(24)31/h3-17,31H,18H2,1-2H3,(H,29,32)/b28-17-. The quantitative estimate of drug-likeness (QED) is 0.296. The molecule has 4 rings (SSSR count). The molecule has 0 heterocycles. The first kappa shape index (κ1) is 24.0. The molecular weight excluding hydrogens is 462 g/mol. The van der Waals surface area contributed by atoms with Gasteiger partial charge >= 0.3 is 0 Å². The van der Waals surface area contributed by atoms with E-state index in [1.54, 1.807) is 49.4 Å². The molecule has 0 atom stereocenters. The van der Waals surface area contributed by atoms with Crippen LogP contribution in [0.3, 0.4) is 0 Å². The van der Waals surface area contributed by atoms with Crippen LogP contribution in [0, 0.1) is 13.8 Å². The summed E-state index contributed by atoms with van der Waals surface area (Å²) in [6.07, 6.45) is 1.35. The third-order valence-corrected chi connectivity index (χ3v) is 7.34. The average Bonchev–Trinajstić information content (AvgIpc) is 2.85. The molecule has 2 N–H and O–H groups in total. The molecule has 0 aliphatic heterocycles. The fourth-order valence-electron chi connectivity index (χ4n) is 3.86. The Morgan fingerprint density at radius 1 is 0.971 bits per heavy atom. The number of hydrazone groups is 1. The summed E-state index contributed by atoms with van der Waals surface area (Å²) in [5.74, 6) is -0.606. The smallest absolute Gasteiger partial charge is 0.264 e. The number of benzene rings is 4. The molecule has 0 bridgehead atoms. The van der Waals surface area contributed by atoms with E-state index in [2.05, 4.69) is 10.5 Å². The van der Waals surface area contributed by atoms with Crippen molar-refractivity contribution in [3.05, 3.63) is 102 Å². The Kier molecular flexibility index (Phi) is 6.84. The van der Waals surface area contributed by atoms with Crippen molar-refractivity contribution in [1.82, 2.24) is 5.43 Å². The van der Waals surface area contributed by atoms with Gasteiger partial charge in [0.2, 0.25) is 0 Å². The van der Waals surface area contributed by atoms with Crippen LogP contribution in [0.1, 0.15) is 16.7 Å². The zero-order chi connectivity index (χ0) is 25.0. The number of phenolic OH excluding ortho intramolecular Hbond substituents is 1. The van der Waals surface area contributed by atoms with Crippen LogP contribution in [0.2, 0.25) is 0 Å². The van der Waals surface area contributed by atoms with Gasteiger partial charge in [-0.05, 0) is 54.4 Å². The number of rotatable bonds is 7. The van der Waals surface area contributed by atoms with Crippen LogP contribution in [0.15, 0.2) is 94.9 Å². The van der Waals surface area contributed by atoms with Crippen molar-refractivity contribution in [2.75, 3.05) is 10.8 Å². The Morgan fingerprint density at radius 2 is 1.69 bits per heavy atom. The number of nitrogens with one attached hydrogen (secondary N) is 1. The van der Waals surface area contributed by atoms with Gasteiger partial charge in [-0.3, -0.25) is 9.10 Å². The molecular formula is C27H25N3O4S. The minimum atomic E-state index is -4.02. The lowest BCUT2D eigenvalue weighted by atomic mass is 10.0. The molecule has 0 aliphatic carbocycles. The summed E-state index contributed by atoms with van der Waals surface area (Å²) in [7, 11) is -4.02. The predicted octanol–water partition coefficient (Wildman–Crippen LogP) is 4.51. The molecule has 1 amide bonds. The van der Waals surface area contributed by atoms with Gasteiger partial charge in [0.25, 0.3) is 15.9 Å². The second-order valence-corrected chi connectivity index (χ2v) is 9.99. The van der Waals surface area contributed by atoms with E-state index in [1.165, 1.54) is 18.3 Å². The molecule has 0 spiro atoms. The van der Waals surface area contributed by atoms with Crippen LogP contribution in [-0.4, -0.2) is 32.2 Å². The maximum Gasteiger partial charge on any atom is 0.264 e. The largest absolute Gasteiger partial charge is 0.507 e. The van der Waals surface area contributed by atoms with Gasteiger partial charge in [-0.2, -0.15) is 5.10 Å². The first-order valence-electron chi connectivity index (χ1n) is 10.9. The zero-order valence-electron chi connectivity index (χ0n) is 19.3. The van der Waals surface area contributed by atoms with Crippen molar-refractivity contribution in [1.29, 1.82) is 0 Å². The second kappa shape index (κ2) is 9.99. The summed E-state index contributed by atoms with van der Waals surface area (Å²) in [5, 5.41) is 15.9. The third kappa shape index (κ3) is 5.17. The monoisotopic (exact) mass is 487 g/mol. The van der Waals surface area contributed by atoms with Crippen molar-refractivity contribution in [3.63, 3.8) is 0 Å². The number of carbonyl (C=O) groups excluding carboxylic acids is 1. The first-order valence-corrected chi connectivity index (χ1v) is 12.4. The van der Waals surface area contributed by atoms with E-state index in [1.807, 2.05) is 37.3 Å². The van der Waals surface area contributed by atoms with Crippen LogP contribution in [0.5, 0.6) is 5.75 Å². The number of amides is 1. The minimum Gasteiger partial charge on any atom is -0.507 e. The minimum absolute atomic E-state index is 0.0188. The number of phenols is 1. The number of hydrogen-bond acceptors (Lipinski definition) is 5. The normalized spacial score (nSPS) is 11.6. The second-order valence-electron chi connectivity index (χ2n) is 8.13. The van der Waals surface area contributed by atoms with Gasteiger partial charge in [-0.15, -0.1) is 0 Å². The van der Waals surface area contributed by atoms with Gasteiger partial charge in [0.05, 0.1) is 16.8 Å². The summed E-state index contributed by atoms with van der Waals surface area (Å²) in [6.45, 7) is 3.24. The van der Waals surface area contributed by atoms with Crippen molar-refractivity contribution in [2.24, 2.45) is 5.10 Å². The predicted molar refractivity (Wildman–Crippen MR) is 138 cm³/mol. The topological polar surface area (TPSA) is 99.1 Å². The van der Waals surface area contributed by atoms with Crippen molar-refractivity contribution in [2.45, 2.75) is 18.7 Å². The van der Waals surface area contributed by atoms with Gasteiger partial charge in [-0.25, -0.2) is 13.8 Å². The first-order chi connectivity index (χ1) is 16.8. The van der Waals surface area contributed by atoms with Gasteiger partial charge in [-0.1, -0.05) is 66.2 Å². The average molecular weight is 488 g/mol. The number of carbonyl (C=O) groups is 1. The maximum atomic E-state index is 13.5. The van der Waals surface area contributed by atoms with Gasteiger partial charge in [0, 0.05) is 5.56 Å². The molecule has 178 valence electrons. The van der Waals surface area contributed by atoms with Crippen molar-refractivity contribution >= 4 is 38.6 Å². The number of nitrogens with zero attached hydrogens (tertiary/aromatic N) is 2. The van der Waals surface area contributed by atoms with Crippen LogP contribution in [-0.2, 0) is 14.8 Å². The van der Waals surface area contributed by atoms with E-state index < -0.39 is 22.5 Å². The Morgan fingerprint density at radius 3 is 2.43 bits per heavy atom. The van der Waals surface area contributed by atoms with E-state index in [0.29, 0.717) is 11.3 Å². The van der Waals surface area contributed by atoms with E-state index in [4.69, 9.17) is 0 Å². The molecule has 4 aromatic carbocycles. The lowest BCUT2D eigenvalue weighted by Crippen LogP contribution is -2.40. The molecule has 35 heavy (non-hydrogen) atoms. The van der Waals surface area contributed by atoms with Crippen LogP contribution < -0.4 is 9.73 Å². The van der Waals surface area contributed by atoms with E-state index in [-0.39, 0.29) is 10.6 Å². The molecule has 0 saturated heterocycles. The van der Waals surface area contributed by atoms with Crippen LogP contribution in [0.25, 0.3) is 10.8 Å². The molecule has 0 fully saturated rings. The number of anilines is 1. The Labute approximate surface area is 204 Å². The highest BCUT2D eigenvalue weighted by Gasteiger charge is 2.28.